The predicted molar refractivity (Wildman–Crippen MR) is 118 cm³/mol. The van der Waals surface area contributed by atoms with Crippen molar-refractivity contribution < 1.29 is 9.53 Å². The van der Waals surface area contributed by atoms with Crippen LogP contribution in [-0.4, -0.2) is 38.6 Å². The standard InChI is InChI=1S/C23H30N4O2/c1-4-24-23(25-12-11-17-13-16(2)9-10-21(17)29-3)26-15-18-14-22(28)27-20-8-6-5-7-19(18)20/h5-10,13,18H,4,11-12,14-15H2,1-3H3,(H,27,28)(H2,24,25,26). The van der Waals surface area contributed by atoms with Crippen molar-refractivity contribution in [3.8, 4) is 5.75 Å². The lowest BCUT2D eigenvalue weighted by Gasteiger charge is -2.24. The number of nitrogens with one attached hydrogen (secondary N) is 3. The van der Waals surface area contributed by atoms with Gasteiger partial charge in [-0.15, -0.1) is 0 Å². The monoisotopic (exact) mass is 394 g/mol. The molecule has 0 aromatic heterocycles. The van der Waals surface area contributed by atoms with Gasteiger partial charge in [0.15, 0.2) is 5.96 Å². The second-order valence-electron chi connectivity index (χ2n) is 7.25. The van der Waals surface area contributed by atoms with Crippen LogP contribution < -0.4 is 20.7 Å². The van der Waals surface area contributed by atoms with Crippen molar-refractivity contribution in [3.63, 3.8) is 0 Å². The van der Waals surface area contributed by atoms with E-state index in [1.807, 2.05) is 31.2 Å². The number of anilines is 1. The number of ether oxygens (including phenoxy) is 1. The van der Waals surface area contributed by atoms with Crippen LogP contribution in [-0.2, 0) is 11.2 Å². The van der Waals surface area contributed by atoms with Gasteiger partial charge >= 0.3 is 0 Å². The van der Waals surface area contributed by atoms with Gasteiger partial charge in [-0.1, -0.05) is 35.9 Å². The Morgan fingerprint density at radius 3 is 2.86 bits per heavy atom. The van der Waals surface area contributed by atoms with E-state index >= 15 is 0 Å². The van der Waals surface area contributed by atoms with Gasteiger partial charge in [0.05, 0.1) is 13.7 Å². The van der Waals surface area contributed by atoms with Crippen LogP contribution >= 0.6 is 0 Å². The minimum absolute atomic E-state index is 0.0494. The zero-order chi connectivity index (χ0) is 20.6. The maximum absolute atomic E-state index is 12.0. The zero-order valence-electron chi connectivity index (χ0n) is 17.4. The number of nitrogens with zero attached hydrogens (tertiary/aromatic N) is 1. The van der Waals surface area contributed by atoms with Crippen LogP contribution in [0.25, 0.3) is 0 Å². The molecule has 0 saturated carbocycles. The Morgan fingerprint density at radius 2 is 2.07 bits per heavy atom. The van der Waals surface area contributed by atoms with Gasteiger partial charge in [0.2, 0.25) is 5.91 Å². The first kappa shape index (κ1) is 20.7. The highest BCUT2D eigenvalue weighted by Crippen LogP contribution is 2.32. The Balaban J connectivity index is 1.64. The second kappa shape index (κ2) is 9.96. The van der Waals surface area contributed by atoms with Gasteiger partial charge in [0.25, 0.3) is 0 Å². The molecule has 0 radical (unpaired) electrons. The summed E-state index contributed by atoms with van der Waals surface area (Å²) >= 11 is 0. The number of benzene rings is 2. The van der Waals surface area contributed by atoms with Crippen molar-refractivity contribution in [2.75, 3.05) is 32.1 Å². The normalized spacial score (nSPS) is 16.0. The molecule has 3 rings (SSSR count). The predicted octanol–water partition coefficient (Wildman–Crippen LogP) is 3.23. The molecule has 0 fully saturated rings. The van der Waals surface area contributed by atoms with Crippen molar-refractivity contribution in [2.45, 2.75) is 32.6 Å². The molecule has 0 saturated heterocycles. The zero-order valence-corrected chi connectivity index (χ0v) is 17.4. The summed E-state index contributed by atoms with van der Waals surface area (Å²) in [5, 5.41) is 9.63. The highest BCUT2D eigenvalue weighted by atomic mass is 16.5. The first-order chi connectivity index (χ1) is 14.1. The molecule has 0 spiro atoms. The number of fused-ring (bicyclic) bond motifs is 1. The van der Waals surface area contributed by atoms with Gasteiger partial charge in [0.1, 0.15) is 5.75 Å². The molecule has 6 nitrogen and oxygen atoms in total. The molecule has 1 atom stereocenters. The highest BCUT2D eigenvalue weighted by molar-refractivity contribution is 5.94. The summed E-state index contributed by atoms with van der Waals surface area (Å²) in [6.07, 6.45) is 1.30. The third kappa shape index (κ3) is 5.50. The molecule has 1 aliphatic heterocycles. The van der Waals surface area contributed by atoms with Crippen molar-refractivity contribution in [1.29, 1.82) is 0 Å². The molecule has 1 heterocycles. The Morgan fingerprint density at radius 1 is 1.24 bits per heavy atom. The first-order valence-electron chi connectivity index (χ1n) is 10.1. The fourth-order valence-electron chi connectivity index (χ4n) is 3.63. The fraction of sp³-hybridized carbons (Fsp3) is 0.391. The topological polar surface area (TPSA) is 74.8 Å². The van der Waals surface area contributed by atoms with E-state index in [4.69, 9.17) is 9.73 Å². The molecular formula is C23H30N4O2. The molecule has 3 N–H and O–H groups in total. The number of amides is 1. The number of hydrogen-bond donors (Lipinski definition) is 3. The maximum Gasteiger partial charge on any atom is 0.225 e. The molecule has 154 valence electrons. The van der Waals surface area contributed by atoms with Crippen LogP contribution in [0.2, 0.25) is 0 Å². The third-order valence-corrected chi connectivity index (χ3v) is 5.04. The molecule has 1 unspecified atom stereocenters. The number of carbonyl (C=O) groups is 1. The molecule has 6 heteroatoms. The lowest BCUT2D eigenvalue weighted by Crippen LogP contribution is -2.39. The molecule has 29 heavy (non-hydrogen) atoms. The number of guanidine groups is 1. The Labute approximate surface area is 172 Å². The number of hydrogen-bond acceptors (Lipinski definition) is 3. The summed E-state index contributed by atoms with van der Waals surface area (Å²) in [5.41, 5.74) is 4.44. The van der Waals surface area contributed by atoms with Gasteiger partial charge < -0.3 is 20.7 Å². The Hall–Kier alpha value is -3.02. The largest absolute Gasteiger partial charge is 0.496 e. The SMILES string of the molecule is CCNC(=NCC1CC(=O)Nc2ccccc21)NCCc1cc(C)ccc1OC. The van der Waals surface area contributed by atoms with Crippen molar-refractivity contribution in [1.82, 2.24) is 10.6 Å². The number of aryl methyl sites for hydroxylation is 1. The summed E-state index contributed by atoms with van der Waals surface area (Å²) in [6.45, 7) is 6.21. The average Bonchev–Trinajstić information content (AvgIpc) is 2.72. The van der Waals surface area contributed by atoms with Gasteiger partial charge in [0, 0.05) is 31.1 Å². The summed E-state index contributed by atoms with van der Waals surface area (Å²) in [4.78, 5) is 16.8. The van der Waals surface area contributed by atoms with E-state index in [0.29, 0.717) is 13.0 Å². The summed E-state index contributed by atoms with van der Waals surface area (Å²) in [5.74, 6) is 1.81. The maximum atomic E-state index is 12.0. The van der Waals surface area contributed by atoms with Gasteiger partial charge in [-0.2, -0.15) is 0 Å². The summed E-state index contributed by atoms with van der Waals surface area (Å²) < 4.78 is 5.46. The van der Waals surface area contributed by atoms with E-state index < -0.39 is 0 Å². The molecule has 2 aromatic carbocycles. The summed E-state index contributed by atoms with van der Waals surface area (Å²) in [7, 11) is 1.70. The Bertz CT molecular complexity index is 879. The van der Waals surface area contributed by atoms with E-state index in [0.717, 1.165) is 42.5 Å². The molecule has 1 amide bonds. The number of rotatable bonds is 7. The molecule has 0 aliphatic carbocycles. The highest BCUT2D eigenvalue weighted by Gasteiger charge is 2.24. The molecule has 1 aliphatic rings. The van der Waals surface area contributed by atoms with E-state index in [2.05, 4.69) is 41.1 Å². The van der Waals surface area contributed by atoms with Crippen LogP contribution in [0.1, 0.15) is 36.0 Å². The molecule has 0 bridgehead atoms. The minimum atomic E-state index is 0.0494. The van der Waals surface area contributed by atoms with E-state index in [-0.39, 0.29) is 11.8 Å². The number of aliphatic imine (C=N–C) groups is 1. The smallest absolute Gasteiger partial charge is 0.225 e. The minimum Gasteiger partial charge on any atom is -0.496 e. The van der Waals surface area contributed by atoms with Crippen LogP contribution in [0.3, 0.4) is 0 Å². The van der Waals surface area contributed by atoms with E-state index in [1.54, 1.807) is 7.11 Å². The van der Waals surface area contributed by atoms with Crippen LogP contribution in [0.15, 0.2) is 47.5 Å². The van der Waals surface area contributed by atoms with Crippen LogP contribution in [0.5, 0.6) is 5.75 Å². The molecular weight excluding hydrogens is 364 g/mol. The van der Waals surface area contributed by atoms with Gasteiger partial charge in [-0.3, -0.25) is 9.79 Å². The number of methoxy groups -OCH3 is 1. The number of para-hydroxylation sites is 1. The molecule has 2 aromatic rings. The van der Waals surface area contributed by atoms with Crippen molar-refractivity contribution >= 4 is 17.6 Å². The fourth-order valence-corrected chi connectivity index (χ4v) is 3.63. The Kier molecular flexibility index (Phi) is 7.11. The first-order valence-corrected chi connectivity index (χ1v) is 10.1. The van der Waals surface area contributed by atoms with Crippen LogP contribution in [0.4, 0.5) is 5.69 Å². The quantitative estimate of drug-likeness (QED) is 0.498. The average molecular weight is 395 g/mol. The van der Waals surface area contributed by atoms with Crippen molar-refractivity contribution in [2.24, 2.45) is 4.99 Å². The summed E-state index contributed by atoms with van der Waals surface area (Å²) in [6, 6.07) is 14.2. The van der Waals surface area contributed by atoms with Gasteiger partial charge in [-0.25, -0.2) is 0 Å². The van der Waals surface area contributed by atoms with Crippen LogP contribution in [0, 0.1) is 6.92 Å². The third-order valence-electron chi connectivity index (χ3n) is 5.04. The van der Waals surface area contributed by atoms with E-state index in [9.17, 15) is 4.79 Å². The number of carbonyl (C=O) groups excluding carboxylic acids is 1. The van der Waals surface area contributed by atoms with Crippen molar-refractivity contribution in [3.05, 3.63) is 59.2 Å². The van der Waals surface area contributed by atoms with E-state index in [1.165, 1.54) is 11.1 Å². The lowest BCUT2D eigenvalue weighted by atomic mass is 9.91. The second-order valence-corrected chi connectivity index (χ2v) is 7.25. The van der Waals surface area contributed by atoms with Gasteiger partial charge in [-0.05, 0) is 43.5 Å². The lowest BCUT2D eigenvalue weighted by molar-refractivity contribution is -0.116.